The molecule has 4 rings (SSSR count). The number of benzene rings is 2. The van der Waals surface area contributed by atoms with Gasteiger partial charge in [0, 0.05) is 18.8 Å². The van der Waals surface area contributed by atoms with Gasteiger partial charge in [0.15, 0.2) is 0 Å². The predicted octanol–water partition coefficient (Wildman–Crippen LogP) is 2.63. The zero-order valence-corrected chi connectivity index (χ0v) is 13.8. The maximum Gasteiger partial charge on any atom is 0.323 e. The molecule has 128 valence electrons. The first kappa shape index (κ1) is 15.5. The van der Waals surface area contributed by atoms with Crippen molar-refractivity contribution in [1.29, 1.82) is 0 Å². The van der Waals surface area contributed by atoms with Crippen LogP contribution in [0.3, 0.4) is 0 Å². The van der Waals surface area contributed by atoms with Crippen molar-refractivity contribution in [2.45, 2.75) is 18.9 Å². The SMILES string of the molecule is O=C(C(Nc1ccc2[nH]c(=O)[nH]c2c1)c1ccccc1)N1CCCC1. The quantitative estimate of drug-likeness (QED) is 0.685. The fraction of sp³-hybridized carbons (Fsp3) is 0.263. The monoisotopic (exact) mass is 336 g/mol. The van der Waals surface area contributed by atoms with Crippen molar-refractivity contribution in [2.75, 3.05) is 18.4 Å². The number of rotatable bonds is 4. The third kappa shape index (κ3) is 3.15. The predicted molar refractivity (Wildman–Crippen MR) is 97.5 cm³/mol. The summed E-state index contributed by atoms with van der Waals surface area (Å²) in [6.45, 7) is 1.63. The molecule has 0 radical (unpaired) electrons. The van der Waals surface area contributed by atoms with Gasteiger partial charge < -0.3 is 20.2 Å². The second-order valence-electron chi connectivity index (χ2n) is 6.36. The Kier molecular flexibility index (Phi) is 4.01. The van der Waals surface area contributed by atoms with Gasteiger partial charge in [0.1, 0.15) is 6.04 Å². The Hall–Kier alpha value is -3.02. The maximum atomic E-state index is 13.0. The van der Waals surface area contributed by atoms with Crippen LogP contribution in [0.4, 0.5) is 5.69 Å². The van der Waals surface area contributed by atoms with E-state index < -0.39 is 6.04 Å². The number of nitrogens with zero attached hydrogens (tertiary/aromatic N) is 1. The number of anilines is 1. The summed E-state index contributed by atoms with van der Waals surface area (Å²) in [7, 11) is 0. The lowest BCUT2D eigenvalue weighted by Crippen LogP contribution is -2.36. The number of carbonyl (C=O) groups excluding carboxylic acids is 1. The van der Waals surface area contributed by atoms with Crippen molar-refractivity contribution >= 4 is 22.6 Å². The summed E-state index contributed by atoms with van der Waals surface area (Å²) in [5.41, 5.74) is 2.96. The number of imidazole rings is 1. The van der Waals surface area contributed by atoms with E-state index in [0.717, 1.165) is 48.2 Å². The average Bonchev–Trinajstić information content (AvgIpc) is 3.28. The Labute approximate surface area is 144 Å². The van der Waals surface area contributed by atoms with Gasteiger partial charge in [-0.1, -0.05) is 30.3 Å². The summed E-state index contributed by atoms with van der Waals surface area (Å²) in [4.78, 5) is 31.8. The van der Waals surface area contributed by atoms with Crippen LogP contribution in [-0.4, -0.2) is 33.9 Å². The minimum Gasteiger partial charge on any atom is -0.370 e. The van der Waals surface area contributed by atoms with E-state index >= 15 is 0 Å². The molecule has 1 unspecified atom stereocenters. The van der Waals surface area contributed by atoms with Crippen LogP contribution in [0.2, 0.25) is 0 Å². The summed E-state index contributed by atoms with van der Waals surface area (Å²) >= 11 is 0. The highest BCUT2D eigenvalue weighted by Crippen LogP contribution is 2.25. The van der Waals surface area contributed by atoms with E-state index in [1.165, 1.54) is 0 Å². The van der Waals surface area contributed by atoms with Gasteiger partial charge in [-0.3, -0.25) is 4.79 Å². The second kappa shape index (κ2) is 6.47. The van der Waals surface area contributed by atoms with E-state index in [4.69, 9.17) is 0 Å². The van der Waals surface area contributed by atoms with Crippen LogP contribution in [-0.2, 0) is 4.79 Å². The summed E-state index contributed by atoms with van der Waals surface area (Å²) in [5, 5.41) is 3.35. The number of H-pyrrole nitrogens is 2. The molecule has 0 aliphatic carbocycles. The number of likely N-dealkylation sites (tertiary alicyclic amines) is 1. The number of amides is 1. The molecule has 1 fully saturated rings. The minimum atomic E-state index is -0.442. The van der Waals surface area contributed by atoms with E-state index in [0.29, 0.717) is 0 Å². The summed E-state index contributed by atoms with van der Waals surface area (Å²) < 4.78 is 0. The molecule has 3 aromatic rings. The average molecular weight is 336 g/mol. The number of nitrogens with one attached hydrogen (secondary N) is 3. The minimum absolute atomic E-state index is 0.0892. The molecule has 0 saturated carbocycles. The van der Waals surface area contributed by atoms with Gasteiger partial charge >= 0.3 is 5.69 Å². The van der Waals surface area contributed by atoms with Crippen LogP contribution in [0.5, 0.6) is 0 Å². The molecule has 1 amide bonds. The maximum absolute atomic E-state index is 13.0. The first-order valence-electron chi connectivity index (χ1n) is 8.53. The van der Waals surface area contributed by atoms with Crippen molar-refractivity contribution in [1.82, 2.24) is 14.9 Å². The highest BCUT2D eigenvalue weighted by atomic mass is 16.2. The molecule has 1 atom stereocenters. The van der Waals surface area contributed by atoms with Gasteiger partial charge in [-0.05, 0) is 36.6 Å². The number of hydrogen-bond acceptors (Lipinski definition) is 3. The zero-order chi connectivity index (χ0) is 17.2. The van der Waals surface area contributed by atoms with E-state index in [1.807, 2.05) is 53.4 Å². The van der Waals surface area contributed by atoms with Gasteiger partial charge in [-0.25, -0.2) is 4.79 Å². The number of aromatic amines is 2. The number of carbonyl (C=O) groups is 1. The van der Waals surface area contributed by atoms with Crippen molar-refractivity contribution in [3.8, 4) is 0 Å². The lowest BCUT2D eigenvalue weighted by atomic mass is 10.0. The number of aromatic nitrogens is 2. The molecule has 0 bridgehead atoms. The van der Waals surface area contributed by atoms with E-state index in [-0.39, 0.29) is 11.6 Å². The molecule has 6 heteroatoms. The number of hydrogen-bond donors (Lipinski definition) is 3. The smallest absolute Gasteiger partial charge is 0.323 e. The first-order valence-corrected chi connectivity index (χ1v) is 8.53. The molecule has 1 aromatic heterocycles. The molecular formula is C19H20N4O2. The van der Waals surface area contributed by atoms with Crippen molar-refractivity contribution < 1.29 is 4.79 Å². The van der Waals surface area contributed by atoms with Crippen LogP contribution in [0.15, 0.2) is 53.3 Å². The Morgan fingerprint density at radius 2 is 1.72 bits per heavy atom. The molecule has 3 N–H and O–H groups in total. The highest BCUT2D eigenvalue weighted by Gasteiger charge is 2.27. The molecule has 2 aromatic carbocycles. The van der Waals surface area contributed by atoms with Crippen molar-refractivity contribution in [3.63, 3.8) is 0 Å². The molecule has 1 saturated heterocycles. The molecule has 25 heavy (non-hydrogen) atoms. The third-order valence-corrected chi connectivity index (χ3v) is 4.62. The molecule has 2 heterocycles. The third-order valence-electron chi connectivity index (χ3n) is 4.62. The summed E-state index contributed by atoms with van der Waals surface area (Å²) in [5.74, 6) is 0.0892. The van der Waals surface area contributed by atoms with Gasteiger partial charge in [-0.15, -0.1) is 0 Å². The van der Waals surface area contributed by atoms with E-state index in [1.54, 1.807) is 0 Å². The topological polar surface area (TPSA) is 81.0 Å². The van der Waals surface area contributed by atoms with Crippen LogP contribution in [0.25, 0.3) is 11.0 Å². The van der Waals surface area contributed by atoms with Gasteiger partial charge in [0.05, 0.1) is 11.0 Å². The van der Waals surface area contributed by atoms with Gasteiger partial charge in [0.25, 0.3) is 0 Å². The Balaban J connectivity index is 1.66. The van der Waals surface area contributed by atoms with Gasteiger partial charge in [0.2, 0.25) is 5.91 Å². The Bertz CT molecular complexity index is 939. The molecule has 1 aliphatic heterocycles. The zero-order valence-electron chi connectivity index (χ0n) is 13.8. The van der Waals surface area contributed by atoms with Crippen molar-refractivity contribution in [3.05, 3.63) is 64.6 Å². The van der Waals surface area contributed by atoms with E-state index in [2.05, 4.69) is 15.3 Å². The van der Waals surface area contributed by atoms with Crippen molar-refractivity contribution in [2.24, 2.45) is 0 Å². The Morgan fingerprint density at radius 3 is 2.48 bits per heavy atom. The number of fused-ring (bicyclic) bond motifs is 1. The fourth-order valence-electron chi connectivity index (χ4n) is 3.34. The van der Waals surface area contributed by atoms with Crippen LogP contribution in [0.1, 0.15) is 24.4 Å². The summed E-state index contributed by atoms with van der Waals surface area (Å²) in [6, 6.07) is 14.9. The van der Waals surface area contributed by atoms with Gasteiger partial charge in [-0.2, -0.15) is 0 Å². The lowest BCUT2D eigenvalue weighted by Gasteiger charge is -2.25. The van der Waals surface area contributed by atoms with Crippen LogP contribution in [0, 0.1) is 0 Å². The molecule has 6 nitrogen and oxygen atoms in total. The van der Waals surface area contributed by atoms with Crippen LogP contribution >= 0.6 is 0 Å². The highest BCUT2D eigenvalue weighted by molar-refractivity contribution is 5.87. The largest absolute Gasteiger partial charge is 0.370 e. The Morgan fingerprint density at radius 1 is 1.00 bits per heavy atom. The second-order valence-corrected chi connectivity index (χ2v) is 6.36. The van der Waals surface area contributed by atoms with Crippen LogP contribution < -0.4 is 11.0 Å². The first-order chi connectivity index (χ1) is 12.2. The molecule has 0 spiro atoms. The van der Waals surface area contributed by atoms with E-state index in [9.17, 15) is 9.59 Å². The normalized spacial score (nSPS) is 15.4. The summed E-state index contributed by atoms with van der Waals surface area (Å²) in [6.07, 6.45) is 2.12. The molecular weight excluding hydrogens is 316 g/mol. The molecule has 1 aliphatic rings. The lowest BCUT2D eigenvalue weighted by molar-refractivity contribution is -0.131. The fourth-order valence-corrected chi connectivity index (χ4v) is 3.34. The standard InChI is InChI=1S/C19H20N4O2/c24-18(23-10-4-5-11-23)17(13-6-2-1-3-7-13)20-14-8-9-15-16(12-14)22-19(25)21-15/h1-3,6-9,12,17,20H,4-5,10-11H2,(H2,21,22,25).